The van der Waals surface area contributed by atoms with Crippen LogP contribution in [0.5, 0.6) is 0 Å². The Balaban J connectivity index is 1.50. The van der Waals surface area contributed by atoms with Crippen LogP contribution in [0.4, 0.5) is 8.78 Å². The summed E-state index contributed by atoms with van der Waals surface area (Å²) in [5.74, 6) is -0.153. The Bertz CT molecular complexity index is 597. The van der Waals surface area contributed by atoms with Crippen LogP contribution in [-0.2, 0) is 11.3 Å². The van der Waals surface area contributed by atoms with Crippen molar-refractivity contribution < 1.29 is 18.1 Å². The quantitative estimate of drug-likeness (QED) is 0.830. The predicted octanol–water partition coefficient (Wildman–Crippen LogP) is 1.43. The number of nitrogens with one attached hydrogen (secondary N) is 1. The minimum atomic E-state index is -2.73. The Morgan fingerprint density at radius 3 is 2.84 bits per heavy atom. The van der Waals surface area contributed by atoms with Gasteiger partial charge in [0.25, 0.3) is 0 Å². The molecule has 0 aromatic carbocycles. The summed E-state index contributed by atoms with van der Waals surface area (Å²) >= 11 is 0. The molecule has 0 bridgehead atoms. The van der Waals surface area contributed by atoms with Gasteiger partial charge in [0.05, 0.1) is 12.5 Å². The molecule has 3 atom stereocenters. The molecule has 1 aromatic rings. The highest BCUT2D eigenvalue weighted by atomic mass is 19.3. The van der Waals surface area contributed by atoms with Crippen molar-refractivity contribution >= 4 is 5.91 Å². The van der Waals surface area contributed by atoms with E-state index in [1.807, 2.05) is 4.90 Å². The molecule has 2 saturated heterocycles. The van der Waals surface area contributed by atoms with Gasteiger partial charge in [-0.1, -0.05) is 5.16 Å². The van der Waals surface area contributed by atoms with E-state index in [1.165, 1.54) is 0 Å². The lowest BCUT2D eigenvalue weighted by Crippen LogP contribution is -2.46. The van der Waals surface area contributed by atoms with Crippen molar-refractivity contribution in [3.05, 3.63) is 11.7 Å². The standard InChI is InChI=1S/C16H25F2N5O2/c1-10-12(5-7-22(10)2)16(24)23-6-3-4-11(23)8-19-9-13-20-15(14(17)18)21-25-13/h10-12,14,19H,3-9H2,1-2H3/t10-,11-,12-/m1/s1. The SMILES string of the molecule is C[C@@H]1[C@H](C(=O)N2CCC[C@@H]2CNCc2nc(C(F)F)no2)CCN1C. The van der Waals surface area contributed by atoms with E-state index in [-0.39, 0.29) is 36.3 Å². The Labute approximate surface area is 145 Å². The second kappa shape index (κ2) is 7.74. The fourth-order valence-corrected chi connectivity index (χ4v) is 3.75. The molecule has 2 aliphatic rings. The summed E-state index contributed by atoms with van der Waals surface area (Å²) in [7, 11) is 2.05. The van der Waals surface area contributed by atoms with Crippen molar-refractivity contribution in [3.63, 3.8) is 0 Å². The maximum absolute atomic E-state index is 12.9. The van der Waals surface area contributed by atoms with E-state index in [1.54, 1.807) is 0 Å². The number of rotatable bonds is 6. The number of likely N-dealkylation sites (tertiary alicyclic amines) is 2. The van der Waals surface area contributed by atoms with Gasteiger partial charge in [-0.15, -0.1) is 0 Å². The first kappa shape index (κ1) is 18.2. The van der Waals surface area contributed by atoms with Crippen molar-refractivity contribution in [2.45, 2.75) is 51.2 Å². The largest absolute Gasteiger partial charge is 0.338 e. The van der Waals surface area contributed by atoms with E-state index in [4.69, 9.17) is 4.52 Å². The van der Waals surface area contributed by atoms with Crippen LogP contribution in [0, 0.1) is 5.92 Å². The number of hydrogen-bond acceptors (Lipinski definition) is 6. The Hall–Kier alpha value is -1.61. The summed E-state index contributed by atoms with van der Waals surface area (Å²) in [5, 5.41) is 6.38. The average molecular weight is 357 g/mol. The molecule has 2 fully saturated rings. The Morgan fingerprint density at radius 2 is 2.20 bits per heavy atom. The molecule has 1 amide bonds. The summed E-state index contributed by atoms with van der Waals surface area (Å²) in [5.41, 5.74) is 0. The number of aromatic nitrogens is 2. The topological polar surface area (TPSA) is 74.5 Å². The van der Waals surface area contributed by atoms with E-state index in [0.717, 1.165) is 32.4 Å². The summed E-state index contributed by atoms with van der Waals surface area (Å²) in [6.07, 6.45) is 0.116. The third-order valence-electron chi connectivity index (χ3n) is 5.38. The predicted molar refractivity (Wildman–Crippen MR) is 85.9 cm³/mol. The van der Waals surface area contributed by atoms with Crippen LogP contribution in [0.15, 0.2) is 4.52 Å². The summed E-state index contributed by atoms with van der Waals surface area (Å²) in [6, 6.07) is 0.399. The van der Waals surface area contributed by atoms with E-state index in [0.29, 0.717) is 6.54 Å². The number of hydrogen-bond donors (Lipinski definition) is 1. The third kappa shape index (κ3) is 3.98. The second-order valence-electron chi connectivity index (χ2n) is 6.92. The number of amides is 1. The van der Waals surface area contributed by atoms with Crippen molar-refractivity contribution in [2.75, 3.05) is 26.7 Å². The van der Waals surface area contributed by atoms with Crippen LogP contribution in [0.1, 0.15) is 44.3 Å². The molecule has 0 spiro atoms. The van der Waals surface area contributed by atoms with Crippen LogP contribution in [0.3, 0.4) is 0 Å². The van der Waals surface area contributed by atoms with Crippen LogP contribution < -0.4 is 5.32 Å². The maximum atomic E-state index is 12.9. The maximum Gasteiger partial charge on any atom is 0.300 e. The number of alkyl halides is 2. The molecular formula is C16H25F2N5O2. The second-order valence-corrected chi connectivity index (χ2v) is 6.92. The van der Waals surface area contributed by atoms with E-state index in [9.17, 15) is 13.6 Å². The Kier molecular flexibility index (Phi) is 5.63. The molecular weight excluding hydrogens is 332 g/mol. The average Bonchev–Trinajstić information content (AvgIpc) is 3.29. The summed E-state index contributed by atoms with van der Waals surface area (Å²) < 4.78 is 29.7. The van der Waals surface area contributed by atoms with E-state index in [2.05, 4.69) is 34.3 Å². The molecule has 3 heterocycles. The molecule has 1 aromatic heterocycles. The van der Waals surface area contributed by atoms with Crippen molar-refractivity contribution in [3.8, 4) is 0 Å². The van der Waals surface area contributed by atoms with Gasteiger partial charge in [-0.25, -0.2) is 8.78 Å². The first-order valence-electron chi connectivity index (χ1n) is 8.79. The van der Waals surface area contributed by atoms with Crippen molar-refractivity contribution in [2.24, 2.45) is 5.92 Å². The normalized spacial score (nSPS) is 27.6. The fourth-order valence-electron chi connectivity index (χ4n) is 3.75. The van der Waals surface area contributed by atoms with Gasteiger partial charge in [-0.05, 0) is 39.8 Å². The van der Waals surface area contributed by atoms with Gasteiger partial charge in [-0.3, -0.25) is 4.79 Å². The van der Waals surface area contributed by atoms with Crippen molar-refractivity contribution in [1.29, 1.82) is 0 Å². The molecule has 0 saturated carbocycles. The molecule has 1 N–H and O–H groups in total. The zero-order chi connectivity index (χ0) is 18.0. The lowest BCUT2D eigenvalue weighted by atomic mass is 9.99. The molecule has 3 rings (SSSR count). The first-order chi connectivity index (χ1) is 12.0. The number of nitrogens with zero attached hydrogens (tertiary/aromatic N) is 4. The van der Waals surface area contributed by atoms with E-state index < -0.39 is 12.2 Å². The van der Waals surface area contributed by atoms with Crippen LogP contribution in [0.25, 0.3) is 0 Å². The number of halogens is 2. The van der Waals surface area contributed by atoms with Crippen molar-refractivity contribution in [1.82, 2.24) is 25.3 Å². The molecule has 7 nitrogen and oxygen atoms in total. The molecule has 0 unspecified atom stereocenters. The van der Waals surface area contributed by atoms with Gasteiger partial charge >= 0.3 is 6.43 Å². The van der Waals surface area contributed by atoms with Gasteiger partial charge in [0, 0.05) is 25.2 Å². The van der Waals surface area contributed by atoms with Gasteiger partial charge < -0.3 is 19.6 Å². The highest BCUT2D eigenvalue weighted by Crippen LogP contribution is 2.28. The summed E-state index contributed by atoms with van der Waals surface area (Å²) in [6.45, 7) is 4.66. The van der Waals surface area contributed by atoms with Gasteiger partial charge in [0.2, 0.25) is 17.6 Å². The minimum Gasteiger partial charge on any atom is -0.338 e. The van der Waals surface area contributed by atoms with Gasteiger partial charge in [0.1, 0.15) is 0 Å². The Morgan fingerprint density at radius 1 is 1.40 bits per heavy atom. The fraction of sp³-hybridized carbons (Fsp3) is 0.812. The number of carbonyl (C=O) groups excluding carboxylic acids is 1. The molecule has 0 aliphatic carbocycles. The zero-order valence-electron chi connectivity index (χ0n) is 14.6. The van der Waals surface area contributed by atoms with Crippen LogP contribution in [0.2, 0.25) is 0 Å². The molecule has 0 radical (unpaired) electrons. The lowest BCUT2D eigenvalue weighted by molar-refractivity contribution is -0.136. The highest BCUT2D eigenvalue weighted by molar-refractivity contribution is 5.80. The first-order valence-corrected chi connectivity index (χ1v) is 8.79. The lowest BCUT2D eigenvalue weighted by Gasteiger charge is -2.29. The molecule has 9 heteroatoms. The number of carbonyl (C=O) groups is 1. The smallest absolute Gasteiger partial charge is 0.300 e. The van der Waals surface area contributed by atoms with Gasteiger partial charge in [-0.2, -0.15) is 4.98 Å². The monoisotopic (exact) mass is 357 g/mol. The van der Waals surface area contributed by atoms with Crippen LogP contribution >= 0.6 is 0 Å². The summed E-state index contributed by atoms with van der Waals surface area (Å²) in [4.78, 5) is 20.7. The third-order valence-corrected chi connectivity index (χ3v) is 5.38. The molecule has 2 aliphatic heterocycles. The van der Waals surface area contributed by atoms with Gasteiger partial charge in [0.15, 0.2) is 0 Å². The van der Waals surface area contributed by atoms with Crippen LogP contribution in [-0.4, -0.2) is 64.6 Å². The molecule has 140 valence electrons. The highest BCUT2D eigenvalue weighted by Gasteiger charge is 2.39. The van der Waals surface area contributed by atoms with E-state index >= 15 is 0 Å². The zero-order valence-corrected chi connectivity index (χ0v) is 14.6. The minimum absolute atomic E-state index is 0.0649. The molecule has 25 heavy (non-hydrogen) atoms.